The molecule has 2 aromatic carbocycles. The molecular weight excluding hydrogens is 310 g/mol. The Kier molecular flexibility index (Phi) is 3.56. The van der Waals surface area contributed by atoms with Crippen molar-refractivity contribution in [2.75, 3.05) is 0 Å². The van der Waals surface area contributed by atoms with Gasteiger partial charge < -0.3 is 0 Å². The van der Waals surface area contributed by atoms with Crippen molar-refractivity contribution in [3.8, 4) is 11.4 Å². The highest BCUT2D eigenvalue weighted by Crippen LogP contribution is 2.33. The van der Waals surface area contributed by atoms with Gasteiger partial charge in [-0.3, -0.25) is 0 Å². The van der Waals surface area contributed by atoms with Gasteiger partial charge in [-0.15, -0.1) is 0 Å². The molecule has 0 aliphatic rings. The summed E-state index contributed by atoms with van der Waals surface area (Å²) in [5.41, 5.74) is 2.42. The summed E-state index contributed by atoms with van der Waals surface area (Å²) in [4.78, 5) is 8.65. The molecule has 106 valence electrons. The zero-order valence-corrected chi connectivity index (χ0v) is 12.9. The smallest absolute Gasteiger partial charge is 0.164 e. The van der Waals surface area contributed by atoms with Crippen LogP contribution in [0.15, 0.2) is 30.3 Å². The standard InChI is InChI=1S/C16H11Cl2FN2/c1-8-4-3-5-10(13(8)19)16-20-14-9(2)6-7-11(17)12(14)15(18)21-16/h3-7H,1-2H3. The van der Waals surface area contributed by atoms with Gasteiger partial charge in [-0.2, -0.15) is 0 Å². The third-order valence-electron chi connectivity index (χ3n) is 3.39. The van der Waals surface area contributed by atoms with Crippen LogP contribution < -0.4 is 0 Å². The average Bonchev–Trinajstić information content (AvgIpc) is 2.45. The van der Waals surface area contributed by atoms with Gasteiger partial charge in [0.1, 0.15) is 11.0 Å². The van der Waals surface area contributed by atoms with E-state index < -0.39 is 0 Å². The first kappa shape index (κ1) is 14.2. The second kappa shape index (κ2) is 5.24. The minimum Gasteiger partial charge on any atom is -0.227 e. The number of hydrogen-bond acceptors (Lipinski definition) is 2. The first-order chi connectivity index (χ1) is 9.99. The van der Waals surface area contributed by atoms with Crippen LogP contribution in [0.25, 0.3) is 22.3 Å². The van der Waals surface area contributed by atoms with E-state index in [2.05, 4.69) is 9.97 Å². The molecule has 2 nitrogen and oxygen atoms in total. The summed E-state index contributed by atoms with van der Waals surface area (Å²) in [7, 11) is 0. The molecule has 0 aliphatic carbocycles. The molecule has 0 amide bonds. The van der Waals surface area contributed by atoms with E-state index in [-0.39, 0.29) is 16.8 Å². The predicted octanol–water partition coefficient (Wildman–Crippen LogP) is 5.36. The van der Waals surface area contributed by atoms with E-state index in [1.54, 1.807) is 31.2 Å². The molecule has 0 fully saturated rings. The maximum atomic E-state index is 14.2. The highest BCUT2D eigenvalue weighted by molar-refractivity contribution is 6.41. The van der Waals surface area contributed by atoms with Gasteiger partial charge in [0.15, 0.2) is 5.82 Å². The summed E-state index contributed by atoms with van der Waals surface area (Å²) < 4.78 is 14.2. The summed E-state index contributed by atoms with van der Waals surface area (Å²) in [5.74, 6) is -0.0772. The van der Waals surface area contributed by atoms with E-state index in [0.29, 0.717) is 27.1 Å². The number of nitrogens with zero attached hydrogens (tertiary/aromatic N) is 2. The Morgan fingerprint density at radius 1 is 0.952 bits per heavy atom. The Morgan fingerprint density at radius 3 is 2.48 bits per heavy atom. The lowest BCUT2D eigenvalue weighted by molar-refractivity contribution is 0.621. The minimum absolute atomic E-state index is 0.226. The fourth-order valence-corrected chi connectivity index (χ4v) is 2.79. The molecule has 0 bridgehead atoms. The highest BCUT2D eigenvalue weighted by atomic mass is 35.5. The van der Waals surface area contributed by atoms with E-state index in [0.717, 1.165) is 5.56 Å². The zero-order chi connectivity index (χ0) is 15.1. The van der Waals surface area contributed by atoms with E-state index in [4.69, 9.17) is 23.2 Å². The topological polar surface area (TPSA) is 25.8 Å². The van der Waals surface area contributed by atoms with Crippen molar-refractivity contribution in [1.82, 2.24) is 9.97 Å². The van der Waals surface area contributed by atoms with Gasteiger partial charge >= 0.3 is 0 Å². The Bertz CT molecular complexity index is 863. The molecule has 0 unspecified atom stereocenters. The summed E-state index contributed by atoms with van der Waals surface area (Å²) >= 11 is 12.4. The molecule has 0 aliphatic heterocycles. The molecule has 0 saturated carbocycles. The number of aromatic nitrogens is 2. The van der Waals surface area contributed by atoms with E-state index in [9.17, 15) is 4.39 Å². The van der Waals surface area contributed by atoms with Gasteiger partial charge in [0, 0.05) is 0 Å². The monoisotopic (exact) mass is 320 g/mol. The molecule has 0 radical (unpaired) electrons. The fraction of sp³-hybridized carbons (Fsp3) is 0.125. The molecule has 0 atom stereocenters. The SMILES string of the molecule is Cc1cccc(-c2nc(Cl)c3c(Cl)ccc(C)c3n2)c1F. The van der Waals surface area contributed by atoms with Crippen LogP contribution in [-0.2, 0) is 0 Å². The van der Waals surface area contributed by atoms with Crippen LogP contribution in [0.4, 0.5) is 4.39 Å². The molecule has 0 N–H and O–H groups in total. The minimum atomic E-state index is -0.340. The van der Waals surface area contributed by atoms with Crippen LogP contribution in [0, 0.1) is 19.7 Å². The summed E-state index contributed by atoms with van der Waals surface area (Å²) in [6.07, 6.45) is 0. The molecule has 0 spiro atoms. The van der Waals surface area contributed by atoms with Crippen LogP contribution >= 0.6 is 23.2 Å². The lowest BCUT2D eigenvalue weighted by Crippen LogP contribution is -1.97. The molecule has 3 rings (SSSR count). The maximum absolute atomic E-state index is 14.2. The van der Waals surface area contributed by atoms with Gasteiger partial charge in [0.05, 0.1) is 21.5 Å². The van der Waals surface area contributed by atoms with Crippen molar-refractivity contribution in [2.45, 2.75) is 13.8 Å². The van der Waals surface area contributed by atoms with E-state index in [1.807, 2.05) is 13.0 Å². The van der Waals surface area contributed by atoms with Crippen molar-refractivity contribution in [1.29, 1.82) is 0 Å². The zero-order valence-electron chi connectivity index (χ0n) is 11.4. The molecular formula is C16H11Cl2FN2. The molecule has 5 heteroatoms. The Hall–Kier alpha value is -1.71. The Balaban J connectivity index is 2.36. The predicted molar refractivity (Wildman–Crippen MR) is 84.4 cm³/mol. The van der Waals surface area contributed by atoms with E-state index >= 15 is 0 Å². The molecule has 1 aromatic heterocycles. The lowest BCUT2D eigenvalue weighted by atomic mass is 10.1. The largest absolute Gasteiger partial charge is 0.227 e. The third-order valence-corrected chi connectivity index (χ3v) is 3.98. The van der Waals surface area contributed by atoms with Gasteiger partial charge in [-0.25, -0.2) is 14.4 Å². The van der Waals surface area contributed by atoms with E-state index in [1.165, 1.54) is 0 Å². The number of fused-ring (bicyclic) bond motifs is 1. The normalized spacial score (nSPS) is 11.1. The fourth-order valence-electron chi connectivity index (χ4n) is 2.23. The van der Waals surface area contributed by atoms with Crippen LogP contribution in [0.3, 0.4) is 0 Å². The van der Waals surface area contributed by atoms with Gasteiger partial charge in [-0.05, 0) is 37.1 Å². The third kappa shape index (κ3) is 2.37. The molecule has 1 heterocycles. The molecule has 3 aromatic rings. The maximum Gasteiger partial charge on any atom is 0.164 e. The van der Waals surface area contributed by atoms with Crippen LogP contribution in [0.1, 0.15) is 11.1 Å². The van der Waals surface area contributed by atoms with Crippen LogP contribution in [-0.4, -0.2) is 9.97 Å². The van der Waals surface area contributed by atoms with Gasteiger partial charge in [0.2, 0.25) is 0 Å². The van der Waals surface area contributed by atoms with Crippen LogP contribution in [0.5, 0.6) is 0 Å². The van der Waals surface area contributed by atoms with Crippen molar-refractivity contribution >= 4 is 34.1 Å². The average molecular weight is 321 g/mol. The second-order valence-corrected chi connectivity index (χ2v) is 5.63. The van der Waals surface area contributed by atoms with Crippen LogP contribution in [0.2, 0.25) is 10.2 Å². The number of benzene rings is 2. The van der Waals surface area contributed by atoms with Gasteiger partial charge in [0.25, 0.3) is 0 Å². The number of hydrogen-bond donors (Lipinski definition) is 0. The van der Waals surface area contributed by atoms with Gasteiger partial charge in [-0.1, -0.05) is 41.4 Å². The highest BCUT2D eigenvalue weighted by Gasteiger charge is 2.15. The number of aryl methyl sites for hydroxylation is 2. The Labute approximate surface area is 131 Å². The Morgan fingerprint density at radius 2 is 1.71 bits per heavy atom. The molecule has 21 heavy (non-hydrogen) atoms. The van der Waals surface area contributed by atoms with Crippen molar-refractivity contribution in [2.24, 2.45) is 0 Å². The first-order valence-electron chi connectivity index (χ1n) is 6.37. The van der Waals surface area contributed by atoms with Crippen molar-refractivity contribution in [3.05, 3.63) is 57.5 Å². The van der Waals surface area contributed by atoms with Crippen molar-refractivity contribution in [3.63, 3.8) is 0 Å². The molecule has 0 saturated heterocycles. The summed E-state index contributed by atoms with van der Waals surface area (Å²) in [5, 5.41) is 1.30. The quantitative estimate of drug-likeness (QED) is 0.564. The summed E-state index contributed by atoms with van der Waals surface area (Å²) in [6, 6.07) is 8.70. The van der Waals surface area contributed by atoms with Crippen molar-refractivity contribution < 1.29 is 4.39 Å². The lowest BCUT2D eigenvalue weighted by Gasteiger charge is -2.09. The second-order valence-electron chi connectivity index (χ2n) is 4.86. The number of halogens is 3. The number of rotatable bonds is 1. The first-order valence-corrected chi connectivity index (χ1v) is 7.12. The summed E-state index contributed by atoms with van der Waals surface area (Å²) in [6.45, 7) is 3.60.